The van der Waals surface area contributed by atoms with Gasteiger partial charge in [-0.05, 0) is 34.9 Å². The van der Waals surface area contributed by atoms with Crippen molar-refractivity contribution < 1.29 is 0 Å². The molecule has 0 unspecified atom stereocenters. The van der Waals surface area contributed by atoms with Crippen molar-refractivity contribution in [1.29, 1.82) is 0 Å². The van der Waals surface area contributed by atoms with Crippen LogP contribution in [-0.2, 0) is 0 Å². The Morgan fingerprint density at radius 1 is 0.327 bits per heavy atom. The Labute approximate surface area is 284 Å². The molecule has 0 aliphatic carbocycles. The monoisotopic (exact) mass is 626 g/mol. The number of fused-ring (bicyclic) bond motifs is 3. The van der Waals surface area contributed by atoms with E-state index in [1.54, 1.807) is 0 Å². The summed E-state index contributed by atoms with van der Waals surface area (Å²) in [4.78, 5) is 15.1. The SMILES string of the molecule is c1ccc(-c2nc(-c3ccccc3)nc(-c3ccc(-c4ccccc4)c(-n4c5ccccc5c5c(-c6ccccc6)cccc54)c3)n2)cc1. The van der Waals surface area contributed by atoms with Crippen molar-refractivity contribution in [3.8, 4) is 62.1 Å². The molecule has 230 valence electrons. The summed E-state index contributed by atoms with van der Waals surface area (Å²) in [7, 11) is 0. The van der Waals surface area contributed by atoms with Gasteiger partial charge < -0.3 is 4.57 Å². The molecule has 7 aromatic carbocycles. The molecular weight excluding hydrogens is 597 g/mol. The summed E-state index contributed by atoms with van der Waals surface area (Å²) in [5, 5.41) is 2.44. The van der Waals surface area contributed by atoms with E-state index >= 15 is 0 Å². The molecule has 0 atom stereocenters. The quantitative estimate of drug-likeness (QED) is 0.184. The van der Waals surface area contributed by atoms with Gasteiger partial charge in [0.25, 0.3) is 0 Å². The molecule has 0 bridgehead atoms. The predicted octanol–water partition coefficient (Wildman–Crippen LogP) is 11.3. The number of para-hydroxylation sites is 1. The van der Waals surface area contributed by atoms with E-state index in [0.29, 0.717) is 17.5 Å². The Balaban J connectivity index is 1.33. The fourth-order valence-electron chi connectivity index (χ4n) is 6.79. The van der Waals surface area contributed by atoms with Crippen molar-refractivity contribution >= 4 is 21.8 Å². The molecule has 0 saturated carbocycles. The van der Waals surface area contributed by atoms with Gasteiger partial charge in [0.05, 0.1) is 16.7 Å². The van der Waals surface area contributed by atoms with Crippen LogP contribution >= 0.6 is 0 Å². The number of nitrogens with zero attached hydrogens (tertiary/aromatic N) is 4. The molecule has 0 N–H and O–H groups in total. The van der Waals surface area contributed by atoms with Gasteiger partial charge in [-0.3, -0.25) is 0 Å². The van der Waals surface area contributed by atoms with Crippen molar-refractivity contribution in [1.82, 2.24) is 19.5 Å². The number of hydrogen-bond donors (Lipinski definition) is 0. The van der Waals surface area contributed by atoms with Gasteiger partial charge in [0.1, 0.15) is 0 Å². The van der Waals surface area contributed by atoms with E-state index in [1.165, 1.54) is 21.9 Å². The number of hydrogen-bond acceptors (Lipinski definition) is 3. The van der Waals surface area contributed by atoms with Gasteiger partial charge in [0.2, 0.25) is 0 Å². The lowest BCUT2D eigenvalue weighted by Gasteiger charge is -2.16. The number of benzene rings is 7. The first-order valence-electron chi connectivity index (χ1n) is 16.5. The third-order valence-corrected chi connectivity index (χ3v) is 9.06. The normalized spacial score (nSPS) is 11.3. The van der Waals surface area contributed by atoms with Gasteiger partial charge >= 0.3 is 0 Å². The minimum atomic E-state index is 0.624. The summed E-state index contributed by atoms with van der Waals surface area (Å²) in [5.41, 5.74) is 10.8. The molecule has 0 radical (unpaired) electrons. The van der Waals surface area contributed by atoms with E-state index in [1.807, 2.05) is 60.7 Å². The lowest BCUT2D eigenvalue weighted by atomic mass is 9.99. The molecule has 0 aliphatic rings. The van der Waals surface area contributed by atoms with E-state index in [4.69, 9.17) is 15.0 Å². The van der Waals surface area contributed by atoms with Crippen LogP contribution in [0.5, 0.6) is 0 Å². The molecule has 49 heavy (non-hydrogen) atoms. The lowest BCUT2D eigenvalue weighted by molar-refractivity contribution is 1.07. The largest absolute Gasteiger partial charge is 0.309 e. The van der Waals surface area contributed by atoms with E-state index in [9.17, 15) is 0 Å². The van der Waals surface area contributed by atoms with Crippen LogP contribution in [0, 0.1) is 0 Å². The van der Waals surface area contributed by atoms with Crippen LogP contribution in [0.2, 0.25) is 0 Å². The van der Waals surface area contributed by atoms with Crippen molar-refractivity contribution in [3.05, 3.63) is 182 Å². The van der Waals surface area contributed by atoms with E-state index in [-0.39, 0.29) is 0 Å². The second kappa shape index (κ2) is 12.2. The van der Waals surface area contributed by atoms with Crippen molar-refractivity contribution in [2.24, 2.45) is 0 Å². The maximum atomic E-state index is 5.07. The van der Waals surface area contributed by atoms with Gasteiger partial charge in [-0.1, -0.05) is 164 Å². The minimum absolute atomic E-state index is 0.624. The molecular formula is C45H30N4. The van der Waals surface area contributed by atoms with Crippen molar-refractivity contribution in [3.63, 3.8) is 0 Å². The van der Waals surface area contributed by atoms with Crippen LogP contribution in [0.3, 0.4) is 0 Å². The molecule has 9 aromatic rings. The maximum absolute atomic E-state index is 5.07. The lowest BCUT2D eigenvalue weighted by Crippen LogP contribution is -2.02. The van der Waals surface area contributed by atoms with Crippen LogP contribution in [0.15, 0.2) is 182 Å². The fourth-order valence-corrected chi connectivity index (χ4v) is 6.79. The third kappa shape index (κ3) is 5.16. The molecule has 9 rings (SSSR count). The molecule has 0 amide bonds. The van der Waals surface area contributed by atoms with Crippen molar-refractivity contribution in [2.45, 2.75) is 0 Å². The summed E-state index contributed by atoms with van der Waals surface area (Å²) in [6, 6.07) is 63.4. The summed E-state index contributed by atoms with van der Waals surface area (Å²) in [6.45, 7) is 0. The standard InChI is InChI=1S/C45H30N4/c1-5-16-31(17-6-1)36-29-28-35(45-47-43(33-20-9-3-10-21-33)46-44(48-45)34-22-11-4-12-23-34)30-41(36)49-39-26-14-13-24-38(39)42-37(25-15-27-40(42)49)32-18-7-2-8-19-32/h1-30H. The molecule has 4 nitrogen and oxygen atoms in total. The van der Waals surface area contributed by atoms with Crippen LogP contribution in [-0.4, -0.2) is 19.5 Å². The average molecular weight is 627 g/mol. The molecule has 0 spiro atoms. The zero-order chi connectivity index (χ0) is 32.6. The number of rotatable bonds is 6. The zero-order valence-electron chi connectivity index (χ0n) is 26.6. The molecule has 2 aromatic heterocycles. The Bertz CT molecular complexity index is 2520. The van der Waals surface area contributed by atoms with Gasteiger partial charge in [-0.15, -0.1) is 0 Å². The Morgan fingerprint density at radius 3 is 1.39 bits per heavy atom. The van der Waals surface area contributed by atoms with Gasteiger partial charge in [0.15, 0.2) is 17.5 Å². The third-order valence-electron chi connectivity index (χ3n) is 9.06. The highest BCUT2D eigenvalue weighted by Gasteiger charge is 2.20. The zero-order valence-corrected chi connectivity index (χ0v) is 26.6. The van der Waals surface area contributed by atoms with E-state index in [2.05, 4.69) is 126 Å². The molecule has 0 saturated heterocycles. The van der Waals surface area contributed by atoms with Gasteiger partial charge in [-0.2, -0.15) is 0 Å². The van der Waals surface area contributed by atoms with E-state index < -0.39 is 0 Å². The van der Waals surface area contributed by atoms with Gasteiger partial charge in [0, 0.05) is 33.0 Å². The topological polar surface area (TPSA) is 43.6 Å². The predicted molar refractivity (Wildman–Crippen MR) is 201 cm³/mol. The second-order valence-corrected chi connectivity index (χ2v) is 12.1. The molecule has 0 aliphatic heterocycles. The summed E-state index contributed by atoms with van der Waals surface area (Å²) in [5.74, 6) is 1.91. The highest BCUT2D eigenvalue weighted by Crippen LogP contribution is 2.41. The Hall–Kier alpha value is -6.65. The minimum Gasteiger partial charge on any atom is -0.309 e. The molecule has 4 heteroatoms. The fraction of sp³-hybridized carbons (Fsp3) is 0. The Morgan fingerprint density at radius 2 is 0.796 bits per heavy atom. The van der Waals surface area contributed by atoms with Crippen molar-refractivity contribution in [2.75, 3.05) is 0 Å². The second-order valence-electron chi connectivity index (χ2n) is 12.1. The highest BCUT2D eigenvalue weighted by molar-refractivity contribution is 6.16. The first-order valence-corrected chi connectivity index (χ1v) is 16.5. The summed E-state index contributed by atoms with van der Waals surface area (Å²) in [6.07, 6.45) is 0. The van der Waals surface area contributed by atoms with E-state index in [0.717, 1.165) is 44.5 Å². The van der Waals surface area contributed by atoms with Crippen LogP contribution in [0.1, 0.15) is 0 Å². The molecule has 2 heterocycles. The summed E-state index contributed by atoms with van der Waals surface area (Å²) >= 11 is 0. The summed E-state index contributed by atoms with van der Waals surface area (Å²) < 4.78 is 2.40. The smallest absolute Gasteiger partial charge is 0.164 e. The van der Waals surface area contributed by atoms with Gasteiger partial charge in [-0.25, -0.2) is 15.0 Å². The highest BCUT2D eigenvalue weighted by atomic mass is 15.0. The van der Waals surface area contributed by atoms with Crippen LogP contribution in [0.4, 0.5) is 0 Å². The average Bonchev–Trinajstić information content (AvgIpc) is 3.53. The first-order chi connectivity index (χ1) is 24.3. The number of aromatic nitrogens is 4. The maximum Gasteiger partial charge on any atom is 0.164 e. The van der Waals surface area contributed by atoms with Crippen LogP contribution in [0.25, 0.3) is 83.9 Å². The first kappa shape index (κ1) is 28.6. The molecule has 0 fully saturated rings. The van der Waals surface area contributed by atoms with Crippen LogP contribution < -0.4 is 0 Å². The Kier molecular flexibility index (Phi) is 7.10.